The van der Waals surface area contributed by atoms with Gasteiger partial charge in [0, 0.05) is 6.54 Å². The number of rotatable bonds is 1. The number of hydrogen-bond acceptors (Lipinski definition) is 1. The Morgan fingerprint density at radius 2 is 2.07 bits per heavy atom. The van der Waals surface area contributed by atoms with Crippen LogP contribution in [0.4, 0.5) is 13.2 Å². The lowest BCUT2D eigenvalue weighted by atomic mass is 10.0. The van der Waals surface area contributed by atoms with Crippen LogP contribution < -0.4 is 0 Å². The summed E-state index contributed by atoms with van der Waals surface area (Å²) in [4.78, 5) is 11.8. The third-order valence-electron chi connectivity index (χ3n) is 2.32. The molecule has 0 aromatic rings. The van der Waals surface area contributed by atoms with Crippen LogP contribution in [-0.2, 0) is 4.79 Å². The molecular weight excluding hydrogens is 195 g/mol. The second-order valence-corrected chi connectivity index (χ2v) is 3.30. The van der Waals surface area contributed by atoms with E-state index in [9.17, 15) is 18.0 Å². The molecule has 80 valence electrons. The molecule has 0 aromatic carbocycles. The van der Waals surface area contributed by atoms with Gasteiger partial charge in [-0.25, -0.2) is 0 Å². The number of alkyl halides is 3. The van der Waals surface area contributed by atoms with Crippen molar-refractivity contribution >= 4 is 5.91 Å². The topological polar surface area (TPSA) is 20.3 Å². The lowest BCUT2D eigenvalue weighted by Gasteiger charge is -2.34. The van der Waals surface area contributed by atoms with E-state index in [1.807, 2.05) is 0 Å². The number of hydrogen-bond donors (Lipinski definition) is 0. The van der Waals surface area contributed by atoms with Crippen LogP contribution in [0.2, 0.25) is 0 Å². The van der Waals surface area contributed by atoms with Crippen molar-refractivity contribution in [3.05, 3.63) is 12.7 Å². The van der Waals surface area contributed by atoms with Gasteiger partial charge in [0.2, 0.25) is 0 Å². The molecule has 1 amide bonds. The Balaban J connectivity index is 2.73. The van der Waals surface area contributed by atoms with Crippen LogP contribution in [-0.4, -0.2) is 29.6 Å². The normalized spacial score (nSPS) is 23.4. The Morgan fingerprint density at radius 3 is 2.57 bits per heavy atom. The maximum atomic E-state index is 12.1. The third-order valence-corrected chi connectivity index (χ3v) is 2.32. The van der Waals surface area contributed by atoms with Gasteiger partial charge in [0.25, 0.3) is 0 Å². The maximum absolute atomic E-state index is 12.1. The molecule has 1 heterocycles. The summed E-state index contributed by atoms with van der Waals surface area (Å²) >= 11 is 0. The number of carbonyl (C=O) groups excluding carboxylic acids is 1. The van der Waals surface area contributed by atoms with Gasteiger partial charge in [0.05, 0.1) is 6.04 Å². The summed E-state index contributed by atoms with van der Waals surface area (Å²) in [6, 6.07) is -0.460. The first-order valence-electron chi connectivity index (χ1n) is 4.47. The Labute approximate surface area is 80.4 Å². The van der Waals surface area contributed by atoms with Crippen LogP contribution in [0.25, 0.3) is 0 Å². The van der Waals surface area contributed by atoms with Gasteiger partial charge in [0.15, 0.2) is 0 Å². The summed E-state index contributed by atoms with van der Waals surface area (Å²) in [5.74, 6) is -1.75. The van der Waals surface area contributed by atoms with Crippen molar-refractivity contribution in [2.45, 2.75) is 31.5 Å². The SMILES string of the molecule is C=C[C@H]1CCCCN1C(=O)C(F)(F)F. The summed E-state index contributed by atoms with van der Waals surface area (Å²) in [5.41, 5.74) is 0. The van der Waals surface area contributed by atoms with Gasteiger partial charge in [0.1, 0.15) is 0 Å². The second-order valence-electron chi connectivity index (χ2n) is 3.30. The fourth-order valence-electron chi connectivity index (χ4n) is 1.62. The van der Waals surface area contributed by atoms with Crippen molar-refractivity contribution in [3.8, 4) is 0 Å². The average molecular weight is 207 g/mol. The van der Waals surface area contributed by atoms with Crippen molar-refractivity contribution in [2.24, 2.45) is 0 Å². The molecule has 2 nitrogen and oxygen atoms in total. The Hall–Kier alpha value is -1.00. The van der Waals surface area contributed by atoms with Crippen molar-refractivity contribution in [2.75, 3.05) is 6.54 Å². The van der Waals surface area contributed by atoms with Crippen LogP contribution in [0.1, 0.15) is 19.3 Å². The quantitative estimate of drug-likeness (QED) is 0.603. The summed E-state index contributed by atoms with van der Waals surface area (Å²) in [6.07, 6.45) is -1.31. The molecule has 0 spiro atoms. The minimum Gasteiger partial charge on any atom is -0.328 e. The minimum atomic E-state index is -4.77. The van der Waals surface area contributed by atoms with Crippen molar-refractivity contribution in [1.29, 1.82) is 0 Å². The zero-order valence-electron chi connectivity index (χ0n) is 7.68. The average Bonchev–Trinajstić information content (AvgIpc) is 2.15. The summed E-state index contributed by atoms with van der Waals surface area (Å²) in [5, 5.41) is 0. The number of likely N-dealkylation sites (tertiary alicyclic amines) is 1. The van der Waals surface area contributed by atoms with Gasteiger partial charge >= 0.3 is 12.1 Å². The monoisotopic (exact) mass is 207 g/mol. The smallest absolute Gasteiger partial charge is 0.328 e. The number of piperidine rings is 1. The number of nitrogens with zero attached hydrogens (tertiary/aromatic N) is 1. The first kappa shape index (κ1) is 11.1. The highest BCUT2D eigenvalue weighted by atomic mass is 19.4. The molecule has 1 aliphatic heterocycles. The molecule has 1 saturated heterocycles. The highest BCUT2D eigenvalue weighted by molar-refractivity contribution is 5.82. The first-order valence-corrected chi connectivity index (χ1v) is 4.47. The highest BCUT2D eigenvalue weighted by Gasteiger charge is 2.44. The molecule has 1 aliphatic rings. The van der Waals surface area contributed by atoms with E-state index in [2.05, 4.69) is 6.58 Å². The second kappa shape index (κ2) is 4.02. The Kier molecular flexibility index (Phi) is 3.18. The lowest BCUT2D eigenvalue weighted by Crippen LogP contribution is -2.48. The molecule has 1 fully saturated rings. The van der Waals surface area contributed by atoms with E-state index >= 15 is 0 Å². The molecule has 5 heteroatoms. The maximum Gasteiger partial charge on any atom is 0.471 e. The molecule has 1 atom stereocenters. The molecule has 0 aliphatic carbocycles. The van der Waals surface area contributed by atoms with Gasteiger partial charge in [-0.05, 0) is 19.3 Å². The van der Waals surface area contributed by atoms with Crippen molar-refractivity contribution in [3.63, 3.8) is 0 Å². The fraction of sp³-hybridized carbons (Fsp3) is 0.667. The standard InChI is InChI=1S/C9H12F3NO/c1-2-7-5-3-4-6-13(7)8(14)9(10,11)12/h2,7H,1,3-6H2/t7-/m0/s1. The first-order chi connectivity index (χ1) is 6.46. The molecule has 14 heavy (non-hydrogen) atoms. The zero-order valence-corrected chi connectivity index (χ0v) is 7.68. The van der Waals surface area contributed by atoms with Crippen molar-refractivity contribution in [1.82, 2.24) is 4.90 Å². The number of halogens is 3. The van der Waals surface area contributed by atoms with E-state index in [4.69, 9.17) is 0 Å². The van der Waals surface area contributed by atoms with Crippen LogP contribution in [0, 0.1) is 0 Å². The predicted molar refractivity (Wildman–Crippen MR) is 45.6 cm³/mol. The lowest BCUT2D eigenvalue weighted by molar-refractivity contribution is -0.188. The molecule has 0 unspecified atom stereocenters. The van der Waals surface area contributed by atoms with E-state index in [0.29, 0.717) is 12.8 Å². The van der Waals surface area contributed by atoms with Gasteiger partial charge in [-0.15, -0.1) is 6.58 Å². The third kappa shape index (κ3) is 2.27. The molecular formula is C9H12F3NO. The van der Waals surface area contributed by atoms with E-state index in [1.165, 1.54) is 6.08 Å². The molecule has 0 saturated carbocycles. The highest BCUT2D eigenvalue weighted by Crippen LogP contribution is 2.25. The Morgan fingerprint density at radius 1 is 1.43 bits per heavy atom. The van der Waals surface area contributed by atoms with Gasteiger partial charge in [-0.3, -0.25) is 4.79 Å². The van der Waals surface area contributed by atoms with Gasteiger partial charge in [-0.2, -0.15) is 13.2 Å². The van der Waals surface area contributed by atoms with Crippen molar-refractivity contribution < 1.29 is 18.0 Å². The van der Waals surface area contributed by atoms with E-state index in [1.54, 1.807) is 0 Å². The largest absolute Gasteiger partial charge is 0.471 e. The predicted octanol–water partition coefficient (Wildman–Crippen LogP) is 2.12. The molecule has 0 bridgehead atoms. The molecule has 0 N–H and O–H groups in total. The van der Waals surface area contributed by atoms with E-state index < -0.39 is 18.1 Å². The summed E-state index contributed by atoms with van der Waals surface area (Å²) < 4.78 is 36.4. The van der Waals surface area contributed by atoms with Crippen LogP contribution in [0.5, 0.6) is 0 Å². The Bertz CT molecular complexity index is 237. The molecule has 0 aromatic heterocycles. The van der Waals surface area contributed by atoms with Gasteiger partial charge < -0.3 is 4.90 Å². The number of amides is 1. The summed E-state index contributed by atoms with van der Waals surface area (Å²) in [6.45, 7) is 3.61. The van der Waals surface area contributed by atoms with E-state index in [-0.39, 0.29) is 6.54 Å². The fourth-order valence-corrected chi connectivity index (χ4v) is 1.62. The van der Waals surface area contributed by atoms with Gasteiger partial charge in [-0.1, -0.05) is 6.08 Å². The minimum absolute atomic E-state index is 0.176. The number of carbonyl (C=O) groups is 1. The summed E-state index contributed by atoms with van der Waals surface area (Å²) in [7, 11) is 0. The van der Waals surface area contributed by atoms with Crippen LogP contribution in [0.15, 0.2) is 12.7 Å². The van der Waals surface area contributed by atoms with Crippen LogP contribution in [0.3, 0.4) is 0 Å². The molecule has 0 radical (unpaired) electrons. The van der Waals surface area contributed by atoms with Crippen LogP contribution >= 0.6 is 0 Å². The van der Waals surface area contributed by atoms with E-state index in [0.717, 1.165) is 11.3 Å². The zero-order chi connectivity index (χ0) is 10.8. The molecule has 1 rings (SSSR count).